The van der Waals surface area contributed by atoms with Gasteiger partial charge in [0.25, 0.3) is 11.6 Å². The van der Waals surface area contributed by atoms with Crippen LogP contribution in [0.1, 0.15) is 43.5 Å². The van der Waals surface area contributed by atoms with Crippen LogP contribution in [0.2, 0.25) is 0 Å². The van der Waals surface area contributed by atoms with Crippen LogP contribution >= 0.6 is 0 Å². The van der Waals surface area contributed by atoms with Crippen LogP contribution < -0.4 is 10.6 Å². The third kappa shape index (κ3) is 3.71. The number of nitro groups is 1. The van der Waals surface area contributed by atoms with Gasteiger partial charge >= 0.3 is 0 Å². The molecule has 1 aromatic carbocycles. The monoisotopic (exact) mass is 291 g/mol. The fraction of sp³-hybridized carbons (Fsp3) is 0.533. The molecular weight excluding hydrogens is 270 g/mol. The summed E-state index contributed by atoms with van der Waals surface area (Å²) in [5, 5.41) is 17.0. The molecule has 6 nitrogen and oxygen atoms in total. The number of anilines is 1. The Morgan fingerprint density at radius 2 is 2.14 bits per heavy atom. The molecular formula is C15H21N3O3. The van der Waals surface area contributed by atoms with E-state index in [1.807, 2.05) is 6.92 Å². The first-order chi connectivity index (χ1) is 10.0. The number of nitrogens with one attached hydrogen (secondary N) is 2. The molecule has 1 amide bonds. The van der Waals surface area contributed by atoms with E-state index in [1.54, 1.807) is 12.1 Å². The molecule has 0 aliphatic heterocycles. The van der Waals surface area contributed by atoms with E-state index in [0.717, 1.165) is 19.3 Å². The van der Waals surface area contributed by atoms with E-state index in [2.05, 4.69) is 17.6 Å². The lowest BCUT2D eigenvalue weighted by molar-refractivity contribution is -0.384. The van der Waals surface area contributed by atoms with Crippen LogP contribution in [0.25, 0.3) is 0 Å². The van der Waals surface area contributed by atoms with Crippen LogP contribution in [0.4, 0.5) is 11.4 Å². The molecule has 1 fully saturated rings. The highest BCUT2D eigenvalue weighted by Gasteiger charge is 2.27. The van der Waals surface area contributed by atoms with Gasteiger partial charge in [-0.3, -0.25) is 14.9 Å². The molecule has 114 valence electrons. The summed E-state index contributed by atoms with van der Waals surface area (Å²) in [6.07, 6.45) is 2.83. The summed E-state index contributed by atoms with van der Waals surface area (Å²) in [5.41, 5.74) is 0.733. The number of rotatable bonds is 6. The molecule has 6 heteroatoms. The second kappa shape index (κ2) is 6.56. The fourth-order valence-corrected chi connectivity index (χ4v) is 2.52. The van der Waals surface area contributed by atoms with E-state index in [0.29, 0.717) is 23.7 Å². The second-order valence-electron chi connectivity index (χ2n) is 5.66. The summed E-state index contributed by atoms with van der Waals surface area (Å²) in [7, 11) is 0. The maximum atomic E-state index is 12.1. The first-order valence-corrected chi connectivity index (χ1v) is 7.34. The van der Waals surface area contributed by atoms with Gasteiger partial charge in [0.05, 0.1) is 4.92 Å². The molecule has 2 N–H and O–H groups in total. The molecule has 0 bridgehead atoms. The Bertz CT molecular complexity index is 539. The van der Waals surface area contributed by atoms with Crippen molar-refractivity contribution in [2.24, 2.45) is 5.92 Å². The van der Waals surface area contributed by atoms with Crippen LogP contribution in [-0.4, -0.2) is 23.4 Å². The average molecular weight is 291 g/mol. The Hall–Kier alpha value is -2.11. The van der Waals surface area contributed by atoms with Crippen LogP contribution in [0.5, 0.6) is 0 Å². The number of carbonyl (C=O) groups excluding carboxylic acids is 1. The Kier molecular flexibility index (Phi) is 4.77. The first-order valence-electron chi connectivity index (χ1n) is 7.34. The molecule has 1 aliphatic carbocycles. The van der Waals surface area contributed by atoms with Crippen molar-refractivity contribution in [3.8, 4) is 0 Å². The van der Waals surface area contributed by atoms with E-state index in [9.17, 15) is 14.9 Å². The van der Waals surface area contributed by atoms with Gasteiger partial charge in [-0.25, -0.2) is 0 Å². The molecule has 1 aliphatic rings. The molecule has 1 saturated carbocycles. The molecule has 0 aromatic heterocycles. The minimum Gasteiger partial charge on any atom is -0.380 e. The lowest BCUT2D eigenvalue weighted by Crippen LogP contribution is -2.43. The van der Waals surface area contributed by atoms with Crippen molar-refractivity contribution >= 4 is 17.3 Å². The molecule has 0 saturated heterocycles. The van der Waals surface area contributed by atoms with Crippen LogP contribution in [-0.2, 0) is 0 Å². The number of nitro benzene ring substituents is 1. The molecule has 0 unspecified atom stereocenters. The van der Waals surface area contributed by atoms with E-state index >= 15 is 0 Å². The van der Waals surface area contributed by atoms with Crippen molar-refractivity contribution in [2.45, 2.75) is 39.2 Å². The fourth-order valence-electron chi connectivity index (χ4n) is 2.52. The number of carbonyl (C=O) groups is 1. The first kappa shape index (κ1) is 15.3. The number of nitrogens with zero attached hydrogens (tertiary/aromatic N) is 1. The average Bonchev–Trinajstić information content (AvgIpc) is 2.43. The summed E-state index contributed by atoms with van der Waals surface area (Å²) in [6.45, 7) is 4.79. The van der Waals surface area contributed by atoms with Crippen LogP contribution in [0.3, 0.4) is 0 Å². The number of hydrogen-bond acceptors (Lipinski definition) is 4. The Labute approximate surface area is 124 Å². The zero-order valence-electron chi connectivity index (χ0n) is 12.4. The predicted octanol–water partition coefficient (Wildman–Crippen LogP) is 2.95. The zero-order valence-corrected chi connectivity index (χ0v) is 12.4. The largest absolute Gasteiger partial charge is 0.380 e. The lowest BCUT2D eigenvalue weighted by atomic mass is 9.82. The minimum atomic E-state index is -0.458. The summed E-state index contributed by atoms with van der Waals surface area (Å²) in [5.74, 6) is 0.405. The van der Waals surface area contributed by atoms with Gasteiger partial charge in [-0.1, -0.05) is 13.8 Å². The van der Waals surface area contributed by atoms with Crippen molar-refractivity contribution in [1.29, 1.82) is 0 Å². The molecule has 0 atom stereocenters. The van der Waals surface area contributed by atoms with Crippen LogP contribution in [0, 0.1) is 16.0 Å². The molecule has 0 heterocycles. The Morgan fingerprint density at radius 1 is 1.43 bits per heavy atom. The zero-order chi connectivity index (χ0) is 15.4. The van der Waals surface area contributed by atoms with Crippen molar-refractivity contribution in [2.75, 3.05) is 11.9 Å². The number of benzene rings is 1. The minimum absolute atomic E-state index is 0.0573. The summed E-state index contributed by atoms with van der Waals surface area (Å²) in [6, 6.07) is 4.77. The number of amides is 1. The molecule has 21 heavy (non-hydrogen) atoms. The van der Waals surface area contributed by atoms with Crippen molar-refractivity contribution < 1.29 is 9.72 Å². The lowest BCUT2D eigenvalue weighted by Gasteiger charge is -2.33. The highest BCUT2D eigenvalue weighted by molar-refractivity contribution is 5.96. The molecule has 1 aromatic rings. The van der Waals surface area contributed by atoms with Crippen LogP contribution in [0.15, 0.2) is 18.2 Å². The van der Waals surface area contributed by atoms with E-state index < -0.39 is 4.92 Å². The third-order valence-corrected chi connectivity index (χ3v) is 3.73. The van der Waals surface area contributed by atoms with E-state index in [4.69, 9.17) is 0 Å². The summed E-state index contributed by atoms with van der Waals surface area (Å²) >= 11 is 0. The maximum absolute atomic E-state index is 12.1. The van der Waals surface area contributed by atoms with E-state index in [1.165, 1.54) is 6.07 Å². The van der Waals surface area contributed by atoms with Crippen molar-refractivity contribution in [3.05, 3.63) is 33.9 Å². The maximum Gasteiger partial charge on any atom is 0.293 e. The molecule has 2 rings (SSSR count). The van der Waals surface area contributed by atoms with Gasteiger partial charge in [0, 0.05) is 24.2 Å². The van der Waals surface area contributed by atoms with Gasteiger partial charge in [-0.05, 0) is 37.3 Å². The van der Waals surface area contributed by atoms with Gasteiger partial charge in [-0.2, -0.15) is 0 Å². The second-order valence-corrected chi connectivity index (χ2v) is 5.66. The number of hydrogen-bond donors (Lipinski definition) is 2. The molecule has 0 spiro atoms. The smallest absolute Gasteiger partial charge is 0.293 e. The quantitative estimate of drug-likeness (QED) is 0.623. The van der Waals surface area contributed by atoms with Gasteiger partial charge < -0.3 is 10.6 Å². The predicted molar refractivity (Wildman–Crippen MR) is 81.5 cm³/mol. The van der Waals surface area contributed by atoms with Crippen molar-refractivity contribution in [1.82, 2.24) is 5.32 Å². The highest BCUT2D eigenvalue weighted by atomic mass is 16.6. The van der Waals surface area contributed by atoms with Crippen molar-refractivity contribution in [3.63, 3.8) is 0 Å². The molecule has 0 radical (unpaired) electrons. The van der Waals surface area contributed by atoms with Gasteiger partial charge in [-0.15, -0.1) is 0 Å². The Morgan fingerprint density at radius 3 is 2.71 bits per heavy atom. The summed E-state index contributed by atoms with van der Waals surface area (Å²) in [4.78, 5) is 22.8. The van der Waals surface area contributed by atoms with E-state index in [-0.39, 0.29) is 17.6 Å². The topological polar surface area (TPSA) is 84.3 Å². The normalized spacial score (nSPS) is 20.5. The standard InChI is InChI=1S/C15H21N3O3/c1-3-6-16-13-5-4-11(9-14(13)18(20)21)15(19)17-12-7-10(2)8-12/h4-5,9-10,12,16H,3,6-8H2,1-2H3,(H,17,19). The SMILES string of the molecule is CCCNc1ccc(C(=O)NC2CC(C)C2)cc1[N+](=O)[O-]. The van der Waals surface area contributed by atoms with Gasteiger partial charge in [0.15, 0.2) is 0 Å². The highest BCUT2D eigenvalue weighted by Crippen LogP contribution is 2.28. The van der Waals surface area contributed by atoms with Gasteiger partial charge in [0.2, 0.25) is 0 Å². The Balaban J connectivity index is 2.11. The summed E-state index contributed by atoms with van der Waals surface area (Å²) < 4.78 is 0. The van der Waals surface area contributed by atoms with Gasteiger partial charge in [0.1, 0.15) is 5.69 Å². The third-order valence-electron chi connectivity index (χ3n) is 3.73.